The molecule has 1 amide bonds. The lowest BCUT2D eigenvalue weighted by atomic mass is 10.2. The Balaban J connectivity index is 1.79. The summed E-state index contributed by atoms with van der Waals surface area (Å²) >= 11 is 7.72. The molecule has 0 aliphatic rings. The van der Waals surface area contributed by atoms with Gasteiger partial charge in [0.05, 0.1) is 0 Å². The minimum Gasteiger partial charge on any atom is -0.356 e. The third-order valence-corrected chi connectivity index (χ3v) is 5.74. The van der Waals surface area contributed by atoms with Gasteiger partial charge in [-0.25, -0.2) is 0 Å². The molecule has 0 bridgehead atoms. The van der Waals surface area contributed by atoms with Gasteiger partial charge in [-0.3, -0.25) is 9.36 Å². The second-order valence-corrected chi connectivity index (χ2v) is 9.07. The largest absolute Gasteiger partial charge is 0.356 e. The van der Waals surface area contributed by atoms with Crippen molar-refractivity contribution in [2.24, 2.45) is 5.92 Å². The normalized spacial score (nSPS) is 11.1. The van der Waals surface area contributed by atoms with Crippen LogP contribution in [0, 0.1) is 12.8 Å². The average molecular weight is 443 g/mol. The maximum atomic E-state index is 12.2. The first-order chi connectivity index (χ1) is 14.4. The van der Waals surface area contributed by atoms with E-state index in [1.54, 1.807) is 11.8 Å². The van der Waals surface area contributed by atoms with Crippen molar-refractivity contribution in [3.05, 3.63) is 70.5 Å². The lowest BCUT2D eigenvalue weighted by molar-refractivity contribution is -0.121. The second-order valence-electron chi connectivity index (χ2n) is 7.69. The van der Waals surface area contributed by atoms with Crippen molar-refractivity contribution in [2.75, 3.05) is 6.54 Å². The molecule has 7 heteroatoms. The molecule has 0 aliphatic carbocycles. The van der Waals surface area contributed by atoms with Crippen molar-refractivity contribution in [1.82, 2.24) is 20.1 Å². The van der Waals surface area contributed by atoms with Crippen LogP contribution in [0.25, 0.3) is 5.69 Å². The average Bonchev–Trinajstić information content (AvgIpc) is 3.12. The number of nitrogens with one attached hydrogen (secondary N) is 1. The zero-order valence-electron chi connectivity index (χ0n) is 17.6. The molecule has 1 aromatic heterocycles. The fourth-order valence-electron chi connectivity index (χ4n) is 2.99. The van der Waals surface area contributed by atoms with Gasteiger partial charge in [0.1, 0.15) is 5.82 Å². The summed E-state index contributed by atoms with van der Waals surface area (Å²) in [6.45, 7) is 6.91. The Morgan fingerprint density at radius 1 is 1.17 bits per heavy atom. The van der Waals surface area contributed by atoms with Gasteiger partial charge in [0.15, 0.2) is 5.16 Å². The molecule has 0 spiro atoms. The van der Waals surface area contributed by atoms with E-state index in [1.165, 1.54) is 0 Å². The number of halogens is 1. The van der Waals surface area contributed by atoms with E-state index in [4.69, 9.17) is 11.6 Å². The molecule has 158 valence electrons. The second kappa shape index (κ2) is 10.6. The molecule has 1 N–H and O–H groups in total. The maximum Gasteiger partial charge on any atom is 0.220 e. The summed E-state index contributed by atoms with van der Waals surface area (Å²) in [5.74, 6) is 1.99. The van der Waals surface area contributed by atoms with Crippen LogP contribution in [0.5, 0.6) is 0 Å². The number of carbonyl (C=O) groups excluding carboxylic acids is 1. The van der Waals surface area contributed by atoms with Crippen LogP contribution in [0.3, 0.4) is 0 Å². The smallest absolute Gasteiger partial charge is 0.220 e. The standard InChI is InChI=1S/C23H27ClN4OS/c1-16(2)14-25-22(29)11-10-21-26-27-23(28(21)20-9-4-6-17(3)12-20)30-15-18-7-5-8-19(24)13-18/h4-9,12-13,16H,10-11,14-15H2,1-3H3,(H,25,29). The quantitative estimate of drug-likeness (QED) is 0.461. The van der Waals surface area contributed by atoms with E-state index in [0.29, 0.717) is 25.3 Å². The number of aromatic nitrogens is 3. The van der Waals surface area contributed by atoms with Crippen LogP contribution >= 0.6 is 23.4 Å². The van der Waals surface area contributed by atoms with Crippen LogP contribution in [-0.4, -0.2) is 27.2 Å². The predicted molar refractivity (Wildman–Crippen MR) is 123 cm³/mol. The number of benzene rings is 2. The Hall–Kier alpha value is -2.31. The molecule has 3 aromatic rings. The summed E-state index contributed by atoms with van der Waals surface area (Å²) in [4.78, 5) is 12.2. The molecular weight excluding hydrogens is 416 g/mol. The molecule has 2 aromatic carbocycles. The van der Waals surface area contributed by atoms with Gasteiger partial charge >= 0.3 is 0 Å². The summed E-state index contributed by atoms with van der Waals surface area (Å²) < 4.78 is 2.05. The van der Waals surface area contributed by atoms with Crippen molar-refractivity contribution in [1.29, 1.82) is 0 Å². The molecule has 0 saturated carbocycles. The molecule has 0 radical (unpaired) electrons. The summed E-state index contributed by atoms with van der Waals surface area (Å²) in [7, 11) is 0. The van der Waals surface area contributed by atoms with Gasteiger partial charge in [-0.1, -0.05) is 61.5 Å². The van der Waals surface area contributed by atoms with Crippen molar-refractivity contribution in [3.8, 4) is 5.69 Å². The third-order valence-electron chi connectivity index (χ3n) is 4.50. The highest BCUT2D eigenvalue weighted by atomic mass is 35.5. The first-order valence-electron chi connectivity index (χ1n) is 10.1. The summed E-state index contributed by atoms with van der Waals surface area (Å²) in [6.07, 6.45) is 0.915. The van der Waals surface area contributed by atoms with E-state index in [1.807, 2.05) is 36.4 Å². The van der Waals surface area contributed by atoms with Gasteiger partial charge in [0.25, 0.3) is 0 Å². The van der Waals surface area contributed by atoms with Crippen LogP contribution in [0.2, 0.25) is 5.02 Å². The lowest BCUT2D eigenvalue weighted by Gasteiger charge is -2.12. The number of hydrogen-bond donors (Lipinski definition) is 1. The fraction of sp³-hybridized carbons (Fsp3) is 0.348. The van der Waals surface area contributed by atoms with Crippen molar-refractivity contribution in [2.45, 2.75) is 44.5 Å². The third kappa shape index (κ3) is 6.34. The fourth-order valence-corrected chi connectivity index (χ4v) is 4.12. The van der Waals surface area contributed by atoms with Gasteiger partial charge in [-0.15, -0.1) is 10.2 Å². The molecule has 0 saturated heterocycles. The van der Waals surface area contributed by atoms with Gasteiger partial charge < -0.3 is 5.32 Å². The molecule has 0 atom stereocenters. The molecule has 0 unspecified atom stereocenters. The first-order valence-corrected chi connectivity index (χ1v) is 11.4. The van der Waals surface area contributed by atoms with Gasteiger partial charge in [0.2, 0.25) is 5.91 Å². The van der Waals surface area contributed by atoms with E-state index in [0.717, 1.165) is 38.6 Å². The Bertz CT molecular complexity index is 1000. The Labute approximate surface area is 187 Å². The summed E-state index contributed by atoms with van der Waals surface area (Å²) in [5, 5.41) is 13.3. The molecule has 5 nitrogen and oxygen atoms in total. The van der Waals surface area contributed by atoms with E-state index >= 15 is 0 Å². The zero-order valence-corrected chi connectivity index (χ0v) is 19.1. The van der Waals surface area contributed by atoms with Gasteiger partial charge in [-0.2, -0.15) is 0 Å². The van der Waals surface area contributed by atoms with E-state index < -0.39 is 0 Å². The van der Waals surface area contributed by atoms with E-state index in [-0.39, 0.29) is 5.91 Å². The number of amides is 1. The van der Waals surface area contributed by atoms with Gasteiger partial charge in [0, 0.05) is 35.8 Å². The Morgan fingerprint density at radius 2 is 1.97 bits per heavy atom. The van der Waals surface area contributed by atoms with Gasteiger partial charge in [-0.05, 0) is 48.2 Å². The van der Waals surface area contributed by atoms with Crippen molar-refractivity contribution >= 4 is 29.3 Å². The number of nitrogens with zero attached hydrogens (tertiary/aromatic N) is 3. The minimum absolute atomic E-state index is 0.0376. The molecule has 0 fully saturated rings. The Morgan fingerprint density at radius 3 is 2.70 bits per heavy atom. The summed E-state index contributed by atoms with van der Waals surface area (Å²) in [5.41, 5.74) is 3.29. The van der Waals surface area contributed by atoms with Crippen LogP contribution < -0.4 is 5.32 Å². The molecule has 1 heterocycles. The molecular formula is C23H27ClN4OS. The van der Waals surface area contributed by atoms with Crippen molar-refractivity contribution < 1.29 is 4.79 Å². The van der Waals surface area contributed by atoms with Crippen LogP contribution in [0.1, 0.15) is 37.2 Å². The Kier molecular flexibility index (Phi) is 7.94. The number of hydrogen-bond acceptors (Lipinski definition) is 4. The molecule has 0 aliphatic heterocycles. The predicted octanol–water partition coefficient (Wildman–Crippen LogP) is 5.23. The SMILES string of the molecule is Cc1cccc(-n2c(CCC(=O)NCC(C)C)nnc2SCc2cccc(Cl)c2)c1. The topological polar surface area (TPSA) is 59.8 Å². The monoisotopic (exact) mass is 442 g/mol. The highest BCUT2D eigenvalue weighted by Gasteiger charge is 2.16. The number of thioether (sulfide) groups is 1. The van der Waals surface area contributed by atoms with Crippen LogP contribution in [-0.2, 0) is 17.0 Å². The van der Waals surface area contributed by atoms with Crippen molar-refractivity contribution in [3.63, 3.8) is 0 Å². The highest BCUT2D eigenvalue weighted by molar-refractivity contribution is 7.98. The minimum atomic E-state index is 0.0376. The highest BCUT2D eigenvalue weighted by Crippen LogP contribution is 2.27. The maximum absolute atomic E-state index is 12.2. The van der Waals surface area contributed by atoms with E-state index in [2.05, 4.69) is 53.0 Å². The number of rotatable bonds is 9. The summed E-state index contributed by atoms with van der Waals surface area (Å²) in [6, 6.07) is 16.1. The lowest BCUT2D eigenvalue weighted by Crippen LogP contribution is -2.27. The number of aryl methyl sites for hydroxylation is 2. The number of carbonyl (C=O) groups is 1. The first kappa shape index (κ1) is 22.4. The zero-order chi connectivity index (χ0) is 21.5. The molecule has 30 heavy (non-hydrogen) atoms. The van der Waals surface area contributed by atoms with Crippen LogP contribution in [0.15, 0.2) is 53.7 Å². The van der Waals surface area contributed by atoms with E-state index in [9.17, 15) is 4.79 Å². The van der Waals surface area contributed by atoms with Crippen LogP contribution in [0.4, 0.5) is 0 Å². The molecule has 3 rings (SSSR count).